The predicted octanol–water partition coefficient (Wildman–Crippen LogP) is 4.99. The number of amides is 3. The predicted molar refractivity (Wildman–Crippen MR) is 178 cm³/mol. The van der Waals surface area contributed by atoms with Crippen LogP contribution in [0.2, 0.25) is 0 Å². The summed E-state index contributed by atoms with van der Waals surface area (Å²) in [7, 11) is 0. The van der Waals surface area contributed by atoms with E-state index in [-0.39, 0.29) is 49.5 Å². The molecular weight excluding hydrogens is 600 g/mol. The second-order valence-electron chi connectivity index (χ2n) is 11.9. The van der Waals surface area contributed by atoms with E-state index >= 15 is 0 Å². The number of nitrogens with one attached hydrogen (secondary N) is 1. The van der Waals surface area contributed by atoms with Gasteiger partial charge in [0.15, 0.2) is 0 Å². The number of likely N-dealkylation sites (tertiary alicyclic amines) is 2. The summed E-state index contributed by atoms with van der Waals surface area (Å²) in [4.78, 5) is 59.8. The maximum absolute atomic E-state index is 13.3. The SMILES string of the molecule is CCOC(=O)C[C@@H](NC(=O)c1ccccc1)C(=NC1CCCN(C(=O)CCC2CCN(C(=O)OCc3ccccc3)CC2)C1)OCC. The van der Waals surface area contributed by atoms with Gasteiger partial charge in [-0.3, -0.25) is 14.4 Å². The van der Waals surface area contributed by atoms with Crippen molar-refractivity contribution in [1.82, 2.24) is 15.1 Å². The molecule has 2 heterocycles. The fraction of sp³-hybridized carbons (Fsp3) is 0.528. The van der Waals surface area contributed by atoms with Gasteiger partial charge in [0.2, 0.25) is 11.8 Å². The number of piperidine rings is 2. The van der Waals surface area contributed by atoms with Crippen LogP contribution in [0.3, 0.4) is 0 Å². The van der Waals surface area contributed by atoms with Crippen LogP contribution in [0, 0.1) is 5.92 Å². The quantitative estimate of drug-likeness (QED) is 0.184. The molecule has 0 aliphatic carbocycles. The van der Waals surface area contributed by atoms with Crippen LogP contribution in [0.15, 0.2) is 65.7 Å². The highest BCUT2D eigenvalue weighted by Crippen LogP contribution is 2.24. The van der Waals surface area contributed by atoms with E-state index in [9.17, 15) is 19.2 Å². The Morgan fingerprint density at radius 2 is 1.53 bits per heavy atom. The van der Waals surface area contributed by atoms with E-state index in [2.05, 4.69) is 5.32 Å². The number of carbonyl (C=O) groups is 4. The number of hydrogen-bond donors (Lipinski definition) is 1. The molecule has 3 amide bonds. The molecule has 47 heavy (non-hydrogen) atoms. The van der Waals surface area contributed by atoms with Gasteiger partial charge in [0.05, 0.1) is 25.7 Å². The molecular formula is C36H48N4O7. The van der Waals surface area contributed by atoms with Crippen LogP contribution < -0.4 is 5.32 Å². The van der Waals surface area contributed by atoms with E-state index < -0.39 is 12.0 Å². The maximum Gasteiger partial charge on any atom is 0.410 e. The molecule has 0 spiro atoms. The summed E-state index contributed by atoms with van der Waals surface area (Å²) in [6.45, 7) is 6.70. The van der Waals surface area contributed by atoms with Crippen molar-refractivity contribution in [3.8, 4) is 0 Å². The molecule has 2 saturated heterocycles. The van der Waals surface area contributed by atoms with Gasteiger partial charge >= 0.3 is 12.1 Å². The lowest BCUT2D eigenvalue weighted by atomic mass is 9.92. The number of hydrogen-bond acceptors (Lipinski definition) is 8. The minimum absolute atomic E-state index is 0.0908. The summed E-state index contributed by atoms with van der Waals surface area (Å²) in [5, 5.41) is 2.90. The average molecular weight is 649 g/mol. The first kappa shape index (κ1) is 35.4. The number of benzene rings is 2. The first-order chi connectivity index (χ1) is 22.9. The Morgan fingerprint density at radius 3 is 2.21 bits per heavy atom. The van der Waals surface area contributed by atoms with E-state index in [1.807, 2.05) is 48.2 Å². The molecule has 2 atom stereocenters. The van der Waals surface area contributed by atoms with Crippen molar-refractivity contribution in [2.24, 2.45) is 10.9 Å². The van der Waals surface area contributed by atoms with E-state index in [1.165, 1.54) is 0 Å². The third kappa shape index (κ3) is 11.4. The van der Waals surface area contributed by atoms with Crippen molar-refractivity contribution in [3.05, 3.63) is 71.8 Å². The molecule has 2 aromatic carbocycles. The highest BCUT2D eigenvalue weighted by Gasteiger charge is 2.30. The molecule has 1 N–H and O–H groups in total. The number of carbonyl (C=O) groups excluding carboxylic acids is 4. The van der Waals surface area contributed by atoms with Crippen molar-refractivity contribution in [1.29, 1.82) is 0 Å². The van der Waals surface area contributed by atoms with Crippen LogP contribution in [-0.2, 0) is 30.4 Å². The molecule has 1 unspecified atom stereocenters. The molecule has 0 saturated carbocycles. The zero-order valence-corrected chi connectivity index (χ0v) is 27.6. The third-order valence-electron chi connectivity index (χ3n) is 8.51. The van der Waals surface area contributed by atoms with Crippen LogP contribution in [-0.4, -0.2) is 91.1 Å². The summed E-state index contributed by atoms with van der Waals surface area (Å²) < 4.78 is 16.5. The summed E-state index contributed by atoms with van der Waals surface area (Å²) in [6, 6.07) is 17.4. The number of aliphatic imine (C=N–C) groups is 1. The smallest absolute Gasteiger partial charge is 0.410 e. The van der Waals surface area contributed by atoms with Gasteiger partial charge in [-0.2, -0.15) is 0 Å². The van der Waals surface area contributed by atoms with Gasteiger partial charge in [-0.1, -0.05) is 48.5 Å². The van der Waals surface area contributed by atoms with Gasteiger partial charge in [0.1, 0.15) is 12.6 Å². The van der Waals surface area contributed by atoms with Crippen molar-refractivity contribution in [2.75, 3.05) is 39.4 Å². The number of nitrogens with zero attached hydrogens (tertiary/aromatic N) is 3. The summed E-state index contributed by atoms with van der Waals surface area (Å²) in [6.07, 6.45) is 4.04. The second-order valence-corrected chi connectivity index (χ2v) is 11.9. The first-order valence-corrected chi connectivity index (χ1v) is 16.8. The number of esters is 1. The van der Waals surface area contributed by atoms with Gasteiger partial charge < -0.3 is 29.3 Å². The minimum Gasteiger partial charge on any atom is -0.480 e. The average Bonchev–Trinajstić information content (AvgIpc) is 3.10. The molecule has 4 rings (SSSR count). The third-order valence-corrected chi connectivity index (χ3v) is 8.51. The van der Waals surface area contributed by atoms with Gasteiger partial charge in [-0.25, -0.2) is 9.79 Å². The topological polar surface area (TPSA) is 127 Å². The molecule has 0 radical (unpaired) electrons. The van der Waals surface area contributed by atoms with E-state index in [0.717, 1.165) is 37.7 Å². The van der Waals surface area contributed by atoms with E-state index in [4.69, 9.17) is 19.2 Å². The Bertz CT molecular complexity index is 1330. The first-order valence-electron chi connectivity index (χ1n) is 16.8. The van der Waals surface area contributed by atoms with Crippen molar-refractivity contribution in [2.45, 2.75) is 77.5 Å². The molecule has 0 aromatic heterocycles. The van der Waals surface area contributed by atoms with E-state index in [1.54, 1.807) is 36.1 Å². The zero-order valence-electron chi connectivity index (χ0n) is 27.6. The molecule has 2 aliphatic heterocycles. The summed E-state index contributed by atoms with van der Waals surface area (Å²) >= 11 is 0. The van der Waals surface area contributed by atoms with Crippen LogP contribution >= 0.6 is 0 Å². The highest BCUT2D eigenvalue weighted by atomic mass is 16.6. The molecule has 2 fully saturated rings. The van der Waals surface area contributed by atoms with Crippen LogP contribution in [0.1, 0.15) is 74.7 Å². The van der Waals surface area contributed by atoms with Crippen LogP contribution in [0.5, 0.6) is 0 Å². The van der Waals surface area contributed by atoms with Crippen molar-refractivity contribution in [3.63, 3.8) is 0 Å². The summed E-state index contributed by atoms with van der Waals surface area (Å²) in [5.41, 5.74) is 1.42. The monoisotopic (exact) mass is 648 g/mol. The lowest BCUT2D eigenvalue weighted by Crippen LogP contribution is -2.46. The van der Waals surface area contributed by atoms with Gasteiger partial charge in [0.25, 0.3) is 5.91 Å². The van der Waals surface area contributed by atoms with Gasteiger partial charge in [-0.05, 0) is 69.6 Å². The molecule has 2 aliphatic rings. The molecule has 2 aromatic rings. The molecule has 11 nitrogen and oxygen atoms in total. The summed E-state index contributed by atoms with van der Waals surface area (Å²) in [5.74, 6) is -0.0837. The lowest BCUT2D eigenvalue weighted by Gasteiger charge is -2.33. The lowest BCUT2D eigenvalue weighted by molar-refractivity contribution is -0.143. The highest BCUT2D eigenvalue weighted by molar-refractivity contribution is 5.98. The van der Waals surface area contributed by atoms with E-state index in [0.29, 0.717) is 50.7 Å². The van der Waals surface area contributed by atoms with Crippen molar-refractivity contribution < 1.29 is 33.4 Å². The second kappa shape index (κ2) is 18.7. The Morgan fingerprint density at radius 1 is 0.851 bits per heavy atom. The largest absolute Gasteiger partial charge is 0.480 e. The van der Waals surface area contributed by atoms with Gasteiger partial charge in [-0.15, -0.1) is 0 Å². The fourth-order valence-electron chi connectivity index (χ4n) is 5.96. The van der Waals surface area contributed by atoms with Crippen molar-refractivity contribution >= 4 is 29.8 Å². The molecule has 254 valence electrons. The Labute approximate surface area is 277 Å². The Hall–Kier alpha value is -4.41. The fourth-order valence-corrected chi connectivity index (χ4v) is 5.96. The zero-order chi connectivity index (χ0) is 33.4. The maximum atomic E-state index is 13.3. The minimum atomic E-state index is -0.811. The number of rotatable bonds is 13. The number of ether oxygens (including phenoxy) is 3. The molecule has 11 heteroatoms. The van der Waals surface area contributed by atoms with Crippen LogP contribution in [0.4, 0.5) is 4.79 Å². The Kier molecular flexibility index (Phi) is 14.1. The molecule has 0 bridgehead atoms. The Balaban J connectivity index is 1.29. The van der Waals surface area contributed by atoms with Crippen LogP contribution in [0.25, 0.3) is 0 Å². The standard InChI is InChI=1S/C36H48N4O7/c1-3-45-33(42)24-31(38-34(43)29-14-9-6-10-15-29)35(46-4-2)37-30-16-11-21-40(25-30)32(41)18-17-27-19-22-39(23-20-27)36(44)47-26-28-12-7-5-8-13-28/h5-10,12-15,27,30-31H,3-4,11,16-26H2,1-2H3,(H,38,43)/t30?,31-/m1/s1. The normalized spacial score (nSPS) is 17.8. The van der Waals surface area contributed by atoms with Gasteiger partial charge in [0, 0.05) is 38.2 Å².